The van der Waals surface area contributed by atoms with E-state index in [4.69, 9.17) is 0 Å². The van der Waals surface area contributed by atoms with Crippen LogP contribution in [0.25, 0.3) is 0 Å². The monoisotopic (exact) mass is 210 g/mol. The minimum Gasteiger partial charge on any atom is -0.247 e. The van der Waals surface area contributed by atoms with Crippen LogP contribution in [0.3, 0.4) is 0 Å². The summed E-state index contributed by atoms with van der Waals surface area (Å²) < 4.78 is 13.8. The maximum Gasteiger partial charge on any atom is 0.110 e. The zero-order valence-electron chi connectivity index (χ0n) is 8.71. The molecule has 2 heteroatoms. The summed E-state index contributed by atoms with van der Waals surface area (Å²) in [6.45, 7) is 14.6. The van der Waals surface area contributed by atoms with Gasteiger partial charge in [-0.2, -0.15) is 0 Å². The van der Waals surface area contributed by atoms with Crippen molar-refractivity contribution in [1.82, 2.24) is 0 Å². The van der Waals surface area contributed by atoms with Crippen LogP contribution in [0, 0.1) is 0 Å². The molecule has 0 fully saturated rings. The lowest BCUT2D eigenvalue weighted by molar-refractivity contribution is 0.490. The van der Waals surface area contributed by atoms with Gasteiger partial charge >= 0.3 is 0 Å². The van der Waals surface area contributed by atoms with Gasteiger partial charge in [-0.15, -0.1) is 26.3 Å². The second-order valence-corrected chi connectivity index (χ2v) is 7.98. The van der Waals surface area contributed by atoms with Crippen molar-refractivity contribution < 1.29 is 4.39 Å². The van der Waals surface area contributed by atoms with E-state index in [1.54, 1.807) is 18.2 Å². The number of hydrogen-bond acceptors (Lipinski definition) is 0. The van der Waals surface area contributed by atoms with Gasteiger partial charge in [0.1, 0.15) is 13.9 Å². The Hall–Kier alpha value is -0.893. The fourth-order valence-electron chi connectivity index (χ4n) is 1.70. The molecule has 0 saturated heterocycles. The van der Waals surface area contributed by atoms with Crippen molar-refractivity contribution in [1.29, 1.82) is 0 Å². The summed E-state index contributed by atoms with van der Waals surface area (Å²) in [7, 11) is -2.04. The van der Waals surface area contributed by atoms with E-state index in [1.165, 1.54) is 6.08 Å². The molecule has 0 aromatic heterocycles. The SMILES string of the molecule is C=CC[Si](CC=C)(CC=C)C(F)C=C. The van der Waals surface area contributed by atoms with Crippen molar-refractivity contribution in [3.63, 3.8) is 0 Å². The van der Waals surface area contributed by atoms with Crippen molar-refractivity contribution in [3.8, 4) is 0 Å². The predicted molar refractivity (Wildman–Crippen MR) is 65.9 cm³/mol. The Morgan fingerprint density at radius 3 is 1.50 bits per heavy atom. The van der Waals surface area contributed by atoms with E-state index in [1.807, 2.05) is 0 Å². The van der Waals surface area contributed by atoms with E-state index in [2.05, 4.69) is 26.3 Å². The highest BCUT2D eigenvalue weighted by Crippen LogP contribution is 2.29. The van der Waals surface area contributed by atoms with Crippen LogP contribution in [0.4, 0.5) is 4.39 Å². The van der Waals surface area contributed by atoms with Gasteiger partial charge < -0.3 is 0 Å². The second kappa shape index (κ2) is 6.54. The van der Waals surface area contributed by atoms with E-state index >= 15 is 0 Å². The molecule has 0 bridgehead atoms. The maximum atomic E-state index is 13.8. The van der Waals surface area contributed by atoms with E-state index in [9.17, 15) is 4.39 Å². The third kappa shape index (κ3) is 3.11. The lowest BCUT2D eigenvalue weighted by Crippen LogP contribution is -2.42. The molecule has 0 aliphatic carbocycles. The van der Waals surface area contributed by atoms with E-state index in [-0.39, 0.29) is 0 Å². The molecule has 0 aliphatic heterocycles. The minimum atomic E-state index is -2.04. The summed E-state index contributed by atoms with van der Waals surface area (Å²) in [5.74, 6) is -0.906. The zero-order valence-corrected chi connectivity index (χ0v) is 9.71. The average Bonchev–Trinajstić information content (AvgIpc) is 2.17. The van der Waals surface area contributed by atoms with Crippen LogP contribution in [0.15, 0.2) is 50.6 Å². The normalized spacial score (nSPS) is 12.9. The zero-order chi connectivity index (χ0) is 11.0. The Morgan fingerprint density at radius 2 is 1.29 bits per heavy atom. The molecule has 0 aliphatic rings. The molecule has 0 heterocycles. The van der Waals surface area contributed by atoms with Crippen molar-refractivity contribution in [2.75, 3.05) is 0 Å². The Bertz CT molecular complexity index is 194. The third-order valence-corrected chi connectivity index (χ3v) is 7.16. The molecular formula is C12H19FSi. The Labute approximate surface area is 87.5 Å². The van der Waals surface area contributed by atoms with Gasteiger partial charge in [-0.05, 0) is 18.1 Å². The molecule has 0 aromatic rings. The standard InChI is InChI=1S/C12H19FSi/c1-5-9-14(10-6-2,11-7-3)12(13)8-4/h5-8,12H,1-4,9-11H2. The first-order valence-electron chi connectivity index (χ1n) is 4.76. The first kappa shape index (κ1) is 13.1. The van der Waals surface area contributed by atoms with Gasteiger partial charge in [0.15, 0.2) is 0 Å². The highest BCUT2D eigenvalue weighted by atomic mass is 28.3. The molecule has 0 radical (unpaired) electrons. The topological polar surface area (TPSA) is 0 Å². The number of allylic oxidation sites excluding steroid dienone is 4. The third-order valence-electron chi connectivity index (χ3n) is 2.44. The molecule has 0 nitrogen and oxygen atoms in total. The summed E-state index contributed by atoms with van der Waals surface area (Å²) in [6.07, 6.45) is 6.81. The molecule has 0 saturated carbocycles. The Balaban J connectivity index is 4.87. The first-order chi connectivity index (χ1) is 6.66. The van der Waals surface area contributed by atoms with Crippen LogP contribution in [0.2, 0.25) is 18.1 Å². The molecule has 0 N–H and O–H groups in total. The van der Waals surface area contributed by atoms with Gasteiger partial charge in [-0.1, -0.05) is 24.3 Å². The van der Waals surface area contributed by atoms with Crippen LogP contribution in [-0.2, 0) is 0 Å². The van der Waals surface area contributed by atoms with Crippen molar-refractivity contribution >= 4 is 8.07 Å². The van der Waals surface area contributed by atoms with Gasteiger partial charge in [0.2, 0.25) is 0 Å². The Kier molecular flexibility index (Phi) is 6.13. The highest BCUT2D eigenvalue weighted by Gasteiger charge is 2.36. The fraction of sp³-hybridized carbons (Fsp3) is 0.333. The van der Waals surface area contributed by atoms with Gasteiger partial charge in [-0.3, -0.25) is 0 Å². The molecular weight excluding hydrogens is 191 g/mol. The lowest BCUT2D eigenvalue weighted by Gasteiger charge is -2.30. The van der Waals surface area contributed by atoms with Crippen molar-refractivity contribution in [3.05, 3.63) is 50.6 Å². The second-order valence-electron chi connectivity index (χ2n) is 3.48. The number of alkyl halides is 1. The molecule has 14 heavy (non-hydrogen) atoms. The largest absolute Gasteiger partial charge is 0.247 e. The molecule has 0 rings (SSSR count). The molecule has 78 valence electrons. The van der Waals surface area contributed by atoms with E-state index < -0.39 is 13.9 Å². The minimum absolute atomic E-state index is 0.748. The molecule has 1 atom stereocenters. The summed E-state index contributed by atoms with van der Waals surface area (Å²) in [5.41, 5.74) is 0. The van der Waals surface area contributed by atoms with Crippen LogP contribution in [-0.4, -0.2) is 13.9 Å². The number of rotatable bonds is 8. The first-order valence-corrected chi connectivity index (χ1v) is 7.46. The van der Waals surface area contributed by atoms with Crippen LogP contribution in [0.5, 0.6) is 0 Å². The molecule has 0 spiro atoms. The van der Waals surface area contributed by atoms with Gasteiger partial charge in [0, 0.05) is 0 Å². The van der Waals surface area contributed by atoms with Crippen LogP contribution < -0.4 is 0 Å². The summed E-state index contributed by atoms with van der Waals surface area (Å²) in [4.78, 5) is 0. The quantitative estimate of drug-likeness (QED) is 0.419. The van der Waals surface area contributed by atoms with Crippen LogP contribution in [0.1, 0.15) is 0 Å². The van der Waals surface area contributed by atoms with Crippen molar-refractivity contribution in [2.24, 2.45) is 0 Å². The maximum absolute atomic E-state index is 13.8. The van der Waals surface area contributed by atoms with E-state index in [0.29, 0.717) is 0 Å². The predicted octanol–water partition coefficient (Wildman–Crippen LogP) is 4.06. The van der Waals surface area contributed by atoms with Gasteiger partial charge in [0.25, 0.3) is 0 Å². The molecule has 0 amide bonds. The van der Waals surface area contributed by atoms with Crippen LogP contribution >= 0.6 is 0 Å². The van der Waals surface area contributed by atoms with Crippen molar-refractivity contribution in [2.45, 2.75) is 23.9 Å². The number of halogens is 1. The smallest absolute Gasteiger partial charge is 0.110 e. The summed E-state index contributed by atoms with van der Waals surface area (Å²) in [6, 6.07) is 2.24. The highest BCUT2D eigenvalue weighted by molar-refractivity contribution is 6.82. The Morgan fingerprint density at radius 1 is 0.929 bits per heavy atom. The number of hydrogen-bond donors (Lipinski definition) is 0. The fourth-order valence-corrected chi connectivity index (χ4v) is 5.10. The van der Waals surface area contributed by atoms with Gasteiger partial charge in [0.05, 0.1) is 0 Å². The average molecular weight is 210 g/mol. The van der Waals surface area contributed by atoms with Gasteiger partial charge in [-0.25, -0.2) is 4.39 Å². The summed E-state index contributed by atoms with van der Waals surface area (Å²) in [5, 5.41) is 0. The lowest BCUT2D eigenvalue weighted by atomic mass is 10.7. The molecule has 1 unspecified atom stereocenters. The molecule has 0 aromatic carbocycles. The van der Waals surface area contributed by atoms with E-state index in [0.717, 1.165) is 18.1 Å². The summed E-state index contributed by atoms with van der Waals surface area (Å²) >= 11 is 0.